The monoisotopic (exact) mass is 437 g/mol. The lowest BCUT2D eigenvalue weighted by Gasteiger charge is -2.20. The molecular weight excluding hydrogens is 416 g/mol. The van der Waals surface area contributed by atoms with Crippen molar-refractivity contribution in [1.82, 2.24) is 20.4 Å². The normalized spacial score (nSPS) is 15.4. The van der Waals surface area contributed by atoms with E-state index in [0.717, 1.165) is 29.1 Å². The van der Waals surface area contributed by atoms with Gasteiger partial charge in [-0.1, -0.05) is 30.3 Å². The van der Waals surface area contributed by atoms with E-state index in [-0.39, 0.29) is 0 Å². The highest BCUT2D eigenvalue weighted by atomic mass is 19.1. The summed E-state index contributed by atoms with van der Waals surface area (Å²) < 4.78 is 33.4. The Morgan fingerprint density at radius 3 is 2.59 bits per heavy atom. The summed E-state index contributed by atoms with van der Waals surface area (Å²) in [4.78, 5) is 20.3. The number of hydrogen-bond acceptors (Lipinski definition) is 6. The third-order valence-electron chi connectivity index (χ3n) is 4.99. The van der Waals surface area contributed by atoms with Crippen molar-refractivity contribution >= 4 is 17.3 Å². The van der Waals surface area contributed by atoms with E-state index in [0.29, 0.717) is 18.2 Å². The second kappa shape index (κ2) is 9.11. The number of pyridine rings is 2. The third-order valence-corrected chi connectivity index (χ3v) is 4.99. The number of carbonyl (C=O) groups excluding carboxylic acids is 1. The number of aromatic nitrogens is 2. The van der Waals surface area contributed by atoms with Crippen molar-refractivity contribution in [1.29, 1.82) is 0 Å². The quantitative estimate of drug-likeness (QED) is 0.615. The van der Waals surface area contributed by atoms with Crippen LogP contribution in [0.2, 0.25) is 0 Å². The zero-order valence-corrected chi connectivity index (χ0v) is 17.5. The van der Waals surface area contributed by atoms with Gasteiger partial charge < -0.3 is 15.1 Å². The highest BCUT2D eigenvalue weighted by molar-refractivity contribution is 5.98. The minimum atomic E-state index is -0.944. The minimum absolute atomic E-state index is 0.404. The summed E-state index contributed by atoms with van der Waals surface area (Å²) >= 11 is 0. The maximum absolute atomic E-state index is 13.8. The van der Waals surface area contributed by atoms with Crippen LogP contribution in [-0.4, -0.2) is 34.0 Å². The minimum Gasteiger partial charge on any atom is -0.473 e. The second-order valence-electron chi connectivity index (χ2n) is 7.30. The molecule has 0 aliphatic carbocycles. The summed E-state index contributed by atoms with van der Waals surface area (Å²) in [6.07, 6.45) is 5.01. The molecule has 0 saturated heterocycles. The molecule has 1 atom stereocenters. The molecule has 3 heterocycles. The molecule has 1 aliphatic heterocycles. The van der Waals surface area contributed by atoms with E-state index in [1.54, 1.807) is 24.3 Å². The van der Waals surface area contributed by atoms with E-state index in [4.69, 9.17) is 4.74 Å². The van der Waals surface area contributed by atoms with Gasteiger partial charge in [-0.15, -0.1) is 0 Å². The van der Waals surface area contributed by atoms with E-state index in [1.807, 2.05) is 43.3 Å². The van der Waals surface area contributed by atoms with Crippen molar-refractivity contribution in [3.8, 4) is 5.88 Å². The van der Waals surface area contributed by atoms with Gasteiger partial charge in [0.2, 0.25) is 11.8 Å². The van der Waals surface area contributed by atoms with Crippen LogP contribution in [0.4, 0.5) is 14.5 Å². The fraction of sp³-hybridized carbons (Fsp3) is 0.174. The van der Waals surface area contributed by atoms with Gasteiger partial charge in [0.15, 0.2) is 11.6 Å². The largest absolute Gasteiger partial charge is 0.473 e. The fourth-order valence-corrected chi connectivity index (χ4v) is 3.33. The number of amides is 1. The number of ether oxygens (including phenoxy) is 1. The molecule has 1 unspecified atom stereocenters. The Morgan fingerprint density at radius 1 is 1.19 bits per heavy atom. The highest BCUT2D eigenvalue weighted by Gasteiger charge is 2.28. The Hall–Kier alpha value is -3.85. The van der Waals surface area contributed by atoms with Gasteiger partial charge in [-0.05, 0) is 24.1 Å². The lowest BCUT2D eigenvalue weighted by molar-refractivity contribution is -0.117. The van der Waals surface area contributed by atoms with Crippen molar-refractivity contribution < 1.29 is 18.3 Å². The zero-order valence-electron chi connectivity index (χ0n) is 17.5. The molecule has 2 N–H and O–H groups in total. The number of benzene rings is 1. The van der Waals surface area contributed by atoms with Crippen molar-refractivity contribution in [2.75, 3.05) is 12.4 Å². The molecule has 3 aromatic rings. The number of carbonyl (C=O) groups is 1. The van der Waals surface area contributed by atoms with Crippen LogP contribution < -0.4 is 15.5 Å². The van der Waals surface area contributed by atoms with Crippen LogP contribution in [0.3, 0.4) is 0 Å². The molecule has 164 valence electrons. The zero-order chi connectivity index (χ0) is 22.7. The van der Waals surface area contributed by atoms with E-state index in [9.17, 15) is 13.6 Å². The summed E-state index contributed by atoms with van der Waals surface area (Å²) in [5.74, 6) is -2.01. The lowest BCUT2D eigenvalue weighted by atomic mass is 10.1. The van der Waals surface area contributed by atoms with E-state index in [1.165, 1.54) is 0 Å². The molecule has 1 aliphatic rings. The summed E-state index contributed by atoms with van der Waals surface area (Å²) in [7, 11) is 1.74. The highest BCUT2D eigenvalue weighted by Crippen LogP contribution is 2.27. The number of rotatable bonds is 6. The first-order chi connectivity index (χ1) is 15.4. The molecule has 1 aromatic carbocycles. The molecule has 32 heavy (non-hydrogen) atoms. The fourth-order valence-electron chi connectivity index (χ4n) is 3.33. The molecule has 0 spiro atoms. The molecule has 1 amide bonds. The SMILES string of the molecule is Cc1cc(OCc2ccccc2)ncc1C1=CC(C(=O)Nc2c(F)cncc2F)NN1C. The number of anilines is 1. The Labute approximate surface area is 183 Å². The first-order valence-electron chi connectivity index (χ1n) is 9.87. The maximum Gasteiger partial charge on any atom is 0.247 e. The molecule has 7 nitrogen and oxygen atoms in total. The number of aryl methyl sites for hydroxylation is 1. The average molecular weight is 437 g/mol. The first kappa shape index (κ1) is 21.4. The van der Waals surface area contributed by atoms with Gasteiger partial charge in [0.25, 0.3) is 0 Å². The Kier molecular flexibility index (Phi) is 6.09. The molecule has 0 saturated carbocycles. The first-order valence-corrected chi connectivity index (χ1v) is 9.87. The molecule has 4 rings (SSSR count). The van der Waals surface area contributed by atoms with Crippen LogP contribution in [0.1, 0.15) is 16.7 Å². The Bertz CT molecular complexity index is 1150. The van der Waals surface area contributed by atoms with Gasteiger partial charge >= 0.3 is 0 Å². The molecule has 0 bridgehead atoms. The van der Waals surface area contributed by atoms with Crippen LogP contribution in [-0.2, 0) is 11.4 Å². The number of halogens is 2. The number of nitrogens with zero attached hydrogens (tertiary/aromatic N) is 3. The average Bonchev–Trinajstić information content (AvgIpc) is 3.17. The summed E-state index contributed by atoms with van der Waals surface area (Å²) in [5.41, 5.74) is 5.86. The van der Waals surface area contributed by atoms with E-state index < -0.39 is 29.3 Å². The summed E-state index contributed by atoms with van der Waals surface area (Å²) in [6, 6.07) is 10.8. The van der Waals surface area contributed by atoms with Crippen molar-refractivity contribution in [3.63, 3.8) is 0 Å². The molecule has 2 aromatic heterocycles. The van der Waals surface area contributed by atoms with Crippen LogP contribution in [0.25, 0.3) is 5.70 Å². The maximum atomic E-state index is 13.8. The topological polar surface area (TPSA) is 79.4 Å². The molecule has 9 heteroatoms. The van der Waals surface area contributed by atoms with Gasteiger partial charge in [-0.25, -0.2) is 19.2 Å². The van der Waals surface area contributed by atoms with Gasteiger partial charge in [0, 0.05) is 24.9 Å². The van der Waals surface area contributed by atoms with Crippen LogP contribution in [0.15, 0.2) is 61.1 Å². The van der Waals surface area contributed by atoms with Crippen molar-refractivity contribution in [2.45, 2.75) is 19.6 Å². The van der Waals surface area contributed by atoms with Crippen LogP contribution >= 0.6 is 0 Å². The summed E-state index contributed by atoms with van der Waals surface area (Å²) in [6.45, 7) is 2.32. The number of nitrogens with one attached hydrogen (secondary N) is 2. The Morgan fingerprint density at radius 2 is 1.91 bits per heavy atom. The summed E-state index contributed by atoms with van der Waals surface area (Å²) in [5, 5.41) is 3.94. The third kappa shape index (κ3) is 4.57. The van der Waals surface area contributed by atoms with Crippen molar-refractivity contribution in [3.05, 3.63) is 89.4 Å². The van der Waals surface area contributed by atoms with Crippen molar-refractivity contribution in [2.24, 2.45) is 0 Å². The number of hydrazine groups is 1. The Balaban J connectivity index is 1.48. The molecular formula is C23H21F2N5O2. The van der Waals surface area contributed by atoms with E-state index >= 15 is 0 Å². The molecule has 0 radical (unpaired) electrons. The smallest absolute Gasteiger partial charge is 0.247 e. The van der Waals surface area contributed by atoms with Gasteiger partial charge in [0.1, 0.15) is 18.3 Å². The van der Waals surface area contributed by atoms with E-state index in [2.05, 4.69) is 20.7 Å². The van der Waals surface area contributed by atoms with Gasteiger partial charge in [-0.3, -0.25) is 9.78 Å². The standard InChI is InChI=1S/C23H21F2N5O2/c1-14-8-21(32-13-15-6-4-3-5-7-15)27-10-16(14)20-9-19(29-30(20)2)23(31)28-22-17(24)11-26-12-18(22)25/h3-12,19,29H,13H2,1-2H3,(H,26,28,31). The van der Waals surface area contributed by atoms with Gasteiger partial charge in [0.05, 0.1) is 18.1 Å². The lowest BCUT2D eigenvalue weighted by Crippen LogP contribution is -2.41. The predicted octanol–water partition coefficient (Wildman–Crippen LogP) is 3.44. The second-order valence-corrected chi connectivity index (χ2v) is 7.30. The van der Waals surface area contributed by atoms with Gasteiger partial charge in [-0.2, -0.15) is 0 Å². The predicted molar refractivity (Wildman–Crippen MR) is 115 cm³/mol. The van der Waals surface area contributed by atoms with Crippen LogP contribution in [0, 0.1) is 18.6 Å². The van der Waals surface area contributed by atoms with Crippen LogP contribution in [0.5, 0.6) is 5.88 Å². The number of hydrogen-bond donors (Lipinski definition) is 2. The molecule has 0 fully saturated rings.